The fraction of sp³-hybridized carbons (Fsp3) is 0.235. The molecular formula is C17H15FN2. The Morgan fingerprint density at radius 3 is 2.65 bits per heavy atom. The predicted octanol–water partition coefficient (Wildman–Crippen LogP) is 4.25. The fourth-order valence-corrected chi connectivity index (χ4v) is 3.19. The molecule has 2 aromatic heterocycles. The van der Waals surface area contributed by atoms with Gasteiger partial charge in [0.2, 0.25) is 0 Å². The van der Waals surface area contributed by atoms with Crippen LogP contribution in [0.3, 0.4) is 0 Å². The van der Waals surface area contributed by atoms with Crippen molar-refractivity contribution >= 4 is 11.0 Å². The van der Waals surface area contributed by atoms with Gasteiger partial charge in [0.25, 0.3) is 0 Å². The van der Waals surface area contributed by atoms with E-state index in [0.717, 1.165) is 29.6 Å². The number of nitrogens with zero attached hydrogens (tertiary/aromatic N) is 1. The van der Waals surface area contributed by atoms with E-state index in [4.69, 9.17) is 0 Å². The van der Waals surface area contributed by atoms with Crippen LogP contribution in [0.15, 0.2) is 36.5 Å². The van der Waals surface area contributed by atoms with Crippen LogP contribution in [-0.4, -0.2) is 9.97 Å². The van der Waals surface area contributed by atoms with E-state index in [0.29, 0.717) is 0 Å². The van der Waals surface area contributed by atoms with Crippen molar-refractivity contribution in [3.8, 4) is 11.1 Å². The van der Waals surface area contributed by atoms with Gasteiger partial charge in [-0.25, -0.2) is 9.37 Å². The first kappa shape index (κ1) is 11.6. The standard InChI is InChI=1S/C17H15FN2/c18-12-7-5-11(6-8-12)13-9-10-19-17-16(13)14-3-1-2-4-15(14)20-17/h5-10H,1-4H2,(H,19,20). The zero-order valence-electron chi connectivity index (χ0n) is 11.1. The van der Waals surface area contributed by atoms with Gasteiger partial charge in [-0.15, -0.1) is 0 Å². The monoisotopic (exact) mass is 266 g/mol. The van der Waals surface area contributed by atoms with Crippen molar-refractivity contribution in [1.82, 2.24) is 9.97 Å². The highest BCUT2D eigenvalue weighted by Gasteiger charge is 2.18. The second-order valence-corrected chi connectivity index (χ2v) is 5.38. The van der Waals surface area contributed by atoms with E-state index < -0.39 is 0 Å². The van der Waals surface area contributed by atoms with E-state index in [2.05, 4.69) is 9.97 Å². The molecule has 1 aliphatic rings. The van der Waals surface area contributed by atoms with Crippen molar-refractivity contribution in [2.24, 2.45) is 0 Å². The summed E-state index contributed by atoms with van der Waals surface area (Å²) in [6.45, 7) is 0. The molecule has 2 nitrogen and oxygen atoms in total. The lowest BCUT2D eigenvalue weighted by molar-refractivity contribution is 0.628. The van der Waals surface area contributed by atoms with Crippen LogP contribution in [0.2, 0.25) is 0 Å². The first-order chi connectivity index (χ1) is 9.83. The second-order valence-electron chi connectivity index (χ2n) is 5.38. The Bertz CT molecular complexity index is 772. The molecule has 0 radical (unpaired) electrons. The van der Waals surface area contributed by atoms with Crippen molar-refractivity contribution in [3.63, 3.8) is 0 Å². The average molecular weight is 266 g/mol. The van der Waals surface area contributed by atoms with Crippen LogP contribution in [0.25, 0.3) is 22.2 Å². The first-order valence-electron chi connectivity index (χ1n) is 7.07. The largest absolute Gasteiger partial charge is 0.343 e. The maximum Gasteiger partial charge on any atom is 0.138 e. The van der Waals surface area contributed by atoms with Gasteiger partial charge in [0.05, 0.1) is 0 Å². The summed E-state index contributed by atoms with van der Waals surface area (Å²) in [5, 5.41) is 1.22. The summed E-state index contributed by atoms with van der Waals surface area (Å²) in [5.41, 5.74) is 5.88. The van der Waals surface area contributed by atoms with E-state index in [9.17, 15) is 4.39 Å². The lowest BCUT2D eigenvalue weighted by Gasteiger charge is -2.12. The summed E-state index contributed by atoms with van der Waals surface area (Å²) in [7, 11) is 0. The third kappa shape index (κ3) is 1.73. The van der Waals surface area contributed by atoms with Gasteiger partial charge in [0, 0.05) is 17.3 Å². The number of aromatic nitrogens is 2. The average Bonchev–Trinajstić information content (AvgIpc) is 2.86. The van der Waals surface area contributed by atoms with Crippen LogP contribution in [0.4, 0.5) is 4.39 Å². The maximum atomic E-state index is 13.1. The van der Waals surface area contributed by atoms with E-state index in [-0.39, 0.29) is 5.82 Å². The van der Waals surface area contributed by atoms with E-state index in [1.54, 1.807) is 0 Å². The molecule has 0 atom stereocenters. The number of nitrogens with one attached hydrogen (secondary N) is 1. The second kappa shape index (κ2) is 4.44. The van der Waals surface area contributed by atoms with Crippen molar-refractivity contribution in [3.05, 3.63) is 53.6 Å². The molecule has 4 rings (SSSR count). The Hall–Kier alpha value is -2.16. The lowest BCUT2D eigenvalue weighted by atomic mass is 9.93. The summed E-state index contributed by atoms with van der Waals surface area (Å²) >= 11 is 0. The predicted molar refractivity (Wildman–Crippen MR) is 78.1 cm³/mol. The molecule has 0 spiro atoms. The quantitative estimate of drug-likeness (QED) is 0.701. The highest BCUT2D eigenvalue weighted by Crippen LogP contribution is 2.35. The highest BCUT2D eigenvalue weighted by atomic mass is 19.1. The van der Waals surface area contributed by atoms with Gasteiger partial charge in [-0.2, -0.15) is 0 Å². The van der Waals surface area contributed by atoms with Crippen LogP contribution in [-0.2, 0) is 12.8 Å². The van der Waals surface area contributed by atoms with Gasteiger partial charge < -0.3 is 4.98 Å². The van der Waals surface area contributed by atoms with Crippen molar-refractivity contribution in [2.45, 2.75) is 25.7 Å². The van der Waals surface area contributed by atoms with E-state index >= 15 is 0 Å². The summed E-state index contributed by atoms with van der Waals surface area (Å²) in [4.78, 5) is 7.91. The van der Waals surface area contributed by atoms with Crippen LogP contribution < -0.4 is 0 Å². The number of hydrogen-bond acceptors (Lipinski definition) is 1. The normalized spacial score (nSPS) is 14.4. The Kier molecular flexibility index (Phi) is 2.59. The fourth-order valence-electron chi connectivity index (χ4n) is 3.19. The Labute approximate surface area is 116 Å². The smallest absolute Gasteiger partial charge is 0.138 e. The van der Waals surface area contributed by atoms with Crippen LogP contribution in [0.5, 0.6) is 0 Å². The third-order valence-corrected chi connectivity index (χ3v) is 4.15. The van der Waals surface area contributed by atoms with E-state index in [1.807, 2.05) is 24.4 Å². The summed E-state index contributed by atoms with van der Waals surface area (Å²) in [6.07, 6.45) is 6.51. The molecule has 20 heavy (non-hydrogen) atoms. The zero-order valence-corrected chi connectivity index (χ0v) is 11.1. The van der Waals surface area contributed by atoms with Gasteiger partial charge in [0.15, 0.2) is 0 Å². The van der Waals surface area contributed by atoms with Crippen molar-refractivity contribution in [2.75, 3.05) is 0 Å². The minimum Gasteiger partial charge on any atom is -0.343 e. The highest BCUT2D eigenvalue weighted by molar-refractivity contribution is 5.96. The van der Waals surface area contributed by atoms with Crippen molar-refractivity contribution in [1.29, 1.82) is 0 Å². The molecule has 0 aliphatic heterocycles. The molecule has 1 N–H and O–H groups in total. The molecule has 0 amide bonds. The number of aryl methyl sites for hydroxylation is 2. The molecule has 0 saturated heterocycles. The number of benzene rings is 1. The van der Waals surface area contributed by atoms with Crippen molar-refractivity contribution < 1.29 is 4.39 Å². The number of hydrogen-bond donors (Lipinski definition) is 1. The van der Waals surface area contributed by atoms with E-state index in [1.165, 1.54) is 41.6 Å². The number of H-pyrrole nitrogens is 1. The summed E-state index contributed by atoms with van der Waals surface area (Å²) < 4.78 is 13.1. The minimum absolute atomic E-state index is 0.199. The number of rotatable bonds is 1. The Balaban J connectivity index is 1.99. The van der Waals surface area contributed by atoms with Crippen LogP contribution in [0.1, 0.15) is 24.1 Å². The lowest BCUT2D eigenvalue weighted by Crippen LogP contribution is -2.00. The Morgan fingerprint density at radius 2 is 1.80 bits per heavy atom. The van der Waals surface area contributed by atoms with Crippen LogP contribution >= 0.6 is 0 Å². The third-order valence-electron chi connectivity index (χ3n) is 4.15. The maximum absolute atomic E-state index is 13.1. The first-order valence-corrected chi connectivity index (χ1v) is 7.07. The number of pyridine rings is 1. The van der Waals surface area contributed by atoms with Gasteiger partial charge in [0.1, 0.15) is 11.5 Å². The molecule has 3 aromatic rings. The molecule has 0 fully saturated rings. The molecule has 3 heteroatoms. The van der Waals surface area contributed by atoms with Gasteiger partial charge in [-0.05, 0) is 60.6 Å². The summed E-state index contributed by atoms with van der Waals surface area (Å²) in [6, 6.07) is 8.73. The molecule has 1 aromatic carbocycles. The number of aromatic amines is 1. The molecule has 100 valence electrons. The molecule has 1 aliphatic carbocycles. The Morgan fingerprint density at radius 1 is 1.00 bits per heavy atom. The number of fused-ring (bicyclic) bond motifs is 3. The van der Waals surface area contributed by atoms with Gasteiger partial charge >= 0.3 is 0 Å². The van der Waals surface area contributed by atoms with Gasteiger partial charge in [-0.1, -0.05) is 12.1 Å². The topological polar surface area (TPSA) is 28.7 Å². The SMILES string of the molecule is Fc1ccc(-c2ccnc3[nH]c4c(c23)CCCC4)cc1. The molecule has 0 bridgehead atoms. The van der Waals surface area contributed by atoms with Gasteiger partial charge in [-0.3, -0.25) is 0 Å². The molecule has 0 unspecified atom stereocenters. The summed E-state index contributed by atoms with van der Waals surface area (Å²) in [5.74, 6) is -0.199. The molecule has 2 heterocycles. The van der Waals surface area contributed by atoms with Crippen LogP contribution in [0, 0.1) is 5.82 Å². The molecular weight excluding hydrogens is 251 g/mol. The minimum atomic E-state index is -0.199. The number of halogens is 1. The zero-order chi connectivity index (χ0) is 13.5. The molecule has 0 saturated carbocycles.